The number of halogens is 3. The van der Waals surface area contributed by atoms with Crippen LogP contribution in [0.3, 0.4) is 0 Å². The van der Waals surface area contributed by atoms with Gasteiger partial charge in [0.15, 0.2) is 11.6 Å². The van der Waals surface area contributed by atoms with E-state index in [0.29, 0.717) is 11.5 Å². The Bertz CT molecular complexity index is 1180. The van der Waals surface area contributed by atoms with Crippen LogP contribution in [-0.4, -0.2) is 11.2 Å². The van der Waals surface area contributed by atoms with E-state index in [-0.39, 0.29) is 29.2 Å². The summed E-state index contributed by atoms with van der Waals surface area (Å²) in [5.41, 5.74) is 2.91. The van der Waals surface area contributed by atoms with Gasteiger partial charge in [-0.2, -0.15) is 4.39 Å². The molecule has 5 heteroatoms. The number of aliphatic hydroxyl groups is 1. The Morgan fingerprint density at radius 1 is 0.886 bits per heavy atom. The van der Waals surface area contributed by atoms with E-state index >= 15 is 4.39 Å². The molecule has 1 fully saturated rings. The summed E-state index contributed by atoms with van der Waals surface area (Å²) in [6.45, 7) is 3.71. The first-order valence-electron chi connectivity index (χ1n) is 12.3. The van der Waals surface area contributed by atoms with Gasteiger partial charge in [0, 0.05) is 5.56 Å². The third kappa shape index (κ3) is 5.46. The normalized spacial score (nSPS) is 19.1. The standard InChI is InChI=1S/C30H31F3O2/c1-3-17-35-28-16-15-25(29(32)30(28)33)21-7-5-19(6-8-21)23-13-14-24(26(31)18-23)20-9-11-22(12-10-20)27(34)4-2/h3,5-8,13-18,20,22,27,34H,4,9-12H2,1-2H3/b17-3-. The summed E-state index contributed by atoms with van der Waals surface area (Å²) in [4.78, 5) is 0. The number of benzene rings is 3. The topological polar surface area (TPSA) is 29.5 Å². The van der Waals surface area contributed by atoms with Crippen molar-refractivity contribution in [3.63, 3.8) is 0 Å². The second kappa shape index (κ2) is 11.1. The van der Waals surface area contributed by atoms with Crippen LogP contribution in [0, 0.1) is 23.4 Å². The molecule has 0 spiro atoms. The van der Waals surface area contributed by atoms with E-state index in [0.717, 1.165) is 48.8 Å². The lowest BCUT2D eigenvalue weighted by Gasteiger charge is -2.31. The molecule has 4 rings (SSSR count). The van der Waals surface area contributed by atoms with Crippen molar-refractivity contribution in [2.24, 2.45) is 5.92 Å². The van der Waals surface area contributed by atoms with Crippen molar-refractivity contribution in [2.75, 3.05) is 0 Å². The van der Waals surface area contributed by atoms with Gasteiger partial charge in [-0.25, -0.2) is 8.78 Å². The third-order valence-corrected chi connectivity index (χ3v) is 7.08. The monoisotopic (exact) mass is 480 g/mol. The van der Waals surface area contributed by atoms with Crippen molar-refractivity contribution in [1.82, 2.24) is 0 Å². The Kier molecular flexibility index (Phi) is 7.97. The lowest BCUT2D eigenvalue weighted by molar-refractivity contribution is 0.0775. The van der Waals surface area contributed by atoms with Gasteiger partial charge in [-0.1, -0.05) is 49.4 Å². The highest BCUT2D eigenvalue weighted by molar-refractivity contribution is 5.71. The quantitative estimate of drug-likeness (QED) is 0.344. The first-order valence-corrected chi connectivity index (χ1v) is 12.3. The van der Waals surface area contributed by atoms with E-state index in [2.05, 4.69) is 0 Å². The number of aliphatic hydroxyl groups excluding tert-OH is 1. The lowest BCUT2D eigenvalue weighted by Crippen LogP contribution is -2.24. The summed E-state index contributed by atoms with van der Waals surface area (Å²) in [5.74, 6) is -1.93. The first kappa shape index (κ1) is 25.1. The molecule has 35 heavy (non-hydrogen) atoms. The molecule has 0 aliphatic heterocycles. The largest absolute Gasteiger partial charge is 0.462 e. The van der Waals surface area contributed by atoms with E-state index in [4.69, 9.17) is 4.74 Å². The van der Waals surface area contributed by atoms with Gasteiger partial charge in [0.05, 0.1) is 12.4 Å². The molecule has 1 aliphatic carbocycles. The zero-order valence-corrected chi connectivity index (χ0v) is 20.1. The van der Waals surface area contributed by atoms with Crippen LogP contribution in [-0.2, 0) is 0 Å². The van der Waals surface area contributed by atoms with E-state index in [1.165, 1.54) is 18.4 Å². The molecular formula is C30H31F3O2. The van der Waals surface area contributed by atoms with Gasteiger partial charge >= 0.3 is 0 Å². The summed E-state index contributed by atoms with van der Waals surface area (Å²) in [5, 5.41) is 10.1. The molecule has 0 radical (unpaired) electrons. The number of hydrogen-bond acceptors (Lipinski definition) is 2. The average molecular weight is 481 g/mol. The van der Waals surface area contributed by atoms with Gasteiger partial charge in [-0.3, -0.25) is 0 Å². The van der Waals surface area contributed by atoms with Gasteiger partial charge in [-0.15, -0.1) is 0 Å². The Hall–Kier alpha value is -3.05. The van der Waals surface area contributed by atoms with Gasteiger partial charge in [-0.05, 0) is 91.3 Å². The Morgan fingerprint density at radius 3 is 2.17 bits per heavy atom. The number of hydrogen-bond donors (Lipinski definition) is 1. The van der Waals surface area contributed by atoms with Gasteiger partial charge < -0.3 is 9.84 Å². The highest BCUT2D eigenvalue weighted by atomic mass is 19.2. The van der Waals surface area contributed by atoms with E-state index in [1.807, 2.05) is 19.1 Å². The third-order valence-electron chi connectivity index (χ3n) is 7.08. The molecule has 184 valence electrons. The fraction of sp³-hybridized carbons (Fsp3) is 0.333. The van der Waals surface area contributed by atoms with Crippen molar-refractivity contribution >= 4 is 0 Å². The van der Waals surface area contributed by atoms with E-state index in [1.54, 1.807) is 43.3 Å². The Morgan fingerprint density at radius 2 is 1.54 bits per heavy atom. The smallest absolute Gasteiger partial charge is 0.201 e. The second-order valence-corrected chi connectivity index (χ2v) is 9.23. The molecule has 1 unspecified atom stereocenters. The zero-order valence-electron chi connectivity index (χ0n) is 20.1. The summed E-state index contributed by atoms with van der Waals surface area (Å²) in [6.07, 6.45) is 6.97. The van der Waals surface area contributed by atoms with Gasteiger partial charge in [0.2, 0.25) is 5.82 Å². The first-order chi connectivity index (χ1) is 16.9. The number of allylic oxidation sites excluding steroid dienone is 1. The second-order valence-electron chi connectivity index (χ2n) is 9.23. The van der Waals surface area contributed by atoms with Crippen molar-refractivity contribution in [1.29, 1.82) is 0 Å². The molecular weight excluding hydrogens is 449 g/mol. The van der Waals surface area contributed by atoms with Gasteiger partial charge in [0.25, 0.3) is 0 Å². The van der Waals surface area contributed by atoms with Crippen molar-refractivity contribution in [3.05, 3.63) is 90.0 Å². The van der Waals surface area contributed by atoms with Crippen molar-refractivity contribution in [2.45, 2.75) is 58.0 Å². The van der Waals surface area contributed by atoms with Crippen LogP contribution in [0.15, 0.2) is 66.9 Å². The molecule has 1 N–H and O–H groups in total. The molecule has 0 heterocycles. The lowest BCUT2D eigenvalue weighted by atomic mass is 9.76. The fourth-order valence-corrected chi connectivity index (χ4v) is 5.02. The minimum atomic E-state index is -1.04. The molecule has 0 amide bonds. The minimum Gasteiger partial charge on any atom is -0.462 e. The molecule has 2 nitrogen and oxygen atoms in total. The molecule has 0 aromatic heterocycles. The Labute approximate surface area is 205 Å². The van der Waals surface area contributed by atoms with Gasteiger partial charge in [0.1, 0.15) is 5.82 Å². The summed E-state index contributed by atoms with van der Waals surface area (Å²) >= 11 is 0. The predicted molar refractivity (Wildman–Crippen MR) is 134 cm³/mol. The molecule has 3 aromatic rings. The van der Waals surface area contributed by atoms with Crippen LogP contribution in [0.4, 0.5) is 13.2 Å². The van der Waals surface area contributed by atoms with E-state index < -0.39 is 11.6 Å². The molecule has 0 bridgehead atoms. The molecule has 3 aromatic carbocycles. The van der Waals surface area contributed by atoms with Crippen LogP contribution in [0.5, 0.6) is 5.75 Å². The van der Waals surface area contributed by atoms with Crippen molar-refractivity contribution < 1.29 is 23.0 Å². The van der Waals surface area contributed by atoms with Crippen molar-refractivity contribution in [3.8, 4) is 28.0 Å². The molecule has 0 saturated heterocycles. The maximum atomic E-state index is 15.1. The van der Waals surface area contributed by atoms with Crippen LogP contribution in [0.2, 0.25) is 0 Å². The Balaban J connectivity index is 1.49. The summed E-state index contributed by atoms with van der Waals surface area (Å²) in [7, 11) is 0. The SMILES string of the molecule is C/C=C\Oc1ccc(-c2ccc(-c3ccc(C4CCC(C(O)CC)CC4)c(F)c3)cc2)c(F)c1F. The number of rotatable bonds is 7. The fourth-order valence-electron chi connectivity index (χ4n) is 5.02. The van der Waals surface area contributed by atoms with Crippen LogP contribution >= 0.6 is 0 Å². The highest BCUT2D eigenvalue weighted by Crippen LogP contribution is 2.39. The average Bonchev–Trinajstić information content (AvgIpc) is 2.89. The maximum Gasteiger partial charge on any atom is 0.201 e. The molecule has 1 aliphatic rings. The summed E-state index contributed by atoms with van der Waals surface area (Å²) in [6, 6.07) is 15.2. The zero-order chi connectivity index (χ0) is 24.9. The minimum absolute atomic E-state index is 0.132. The maximum absolute atomic E-state index is 15.1. The van der Waals surface area contributed by atoms with Crippen LogP contribution < -0.4 is 4.74 Å². The predicted octanol–water partition coefficient (Wildman–Crippen LogP) is 8.40. The highest BCUT2D eigenvalue weighted by Gasteiger charge is 2.27. The number of ether oxygens (including phenoxy) is 1. The van der Waals surface area contributed by atoms with E-state index in [9.17, 15) is 13.9 Å². The van der Waals surface area contributed by atoms with Crippen LogP contribution in [0.25, 0.3) is 22.3 Å². The summed E-state index contributed by atoms with van der Waals surface area (Å²) < 4.78 is 49.1. The van der Waals surface area contributed by atoms with Crippen LogP contribution in [0.1, 0.15) is 57.4 Å². The molecule has 1 atom stereocenters. The molecule has 1 saturated carbocycles.